The van der Waals surface area contributed by atoms with Gasteiger partial charge in [-0.25, -0.2) is 14.6 Å². The fourth-order valence-corrected chi connectivity index (χ4v) is 2.70. The van der Waals surface area contributed by atoms with Gasteiger partial charge in [0.15, 0.2) is 12.4 Å². The number of hydrogen-bond acceptors (Lipinski definition) is 9. The van der Waals surface area contributed by atoms with Crippen LogP contribution in [0, 0.1) is 0 Å². The molecular weight excluding hydrogens is 459 g/mol. The van der Waals surface area contributed by atoms with Gasteiger partial charge in [-0.1, -0.05) is 0 Å². The number of furan rings is 1. The number of carboxylic acids is 4. The molecule has 2 heterocycles. The van der Waals surface area contributed by atoms with Crippen LogP contribution in [0.15, 0.2) is 33.2 Å². The summed E-state index contributed by atoms with van der Waals surface area (Å²) in [5.41, 5.74) is 0.113. The minimum atomic E-state index is -1.33. The Kier molecular flexibility index (Phi) is 8.40. The van der Waals surface area contributed by atoms with E-state index >= 15 is 0 Å². The zero-order valence-electron chi connectivity index (χ0n) is 16.5. The van der Waals surface area contributed by atoms with Gasteiger partial charge in [-0.15, -0.1) is 0 Å². The topological polar surface area (TPSA) is 201 Å². The monoisotopic (exact) mass is 473 g/mol. The van der Waals surface area contributed by atoms with Gasteiger partial charge in [0.25, 0.3) is 5.89 Å². The molecule has 0 aliphatic carbocycles. The van der Waals surface area contributed by atoms with E-state index in [2.05, 4.69) is 4.98 Å². The number of aliphatic carboxylic acids is 3. The first-order chi connectivity index (χ1) is 14.6. The Bertz CT molecular complexity index is 1170. The zero-order chi connectivity index (χ0) is 22.7. The Morgan fingerprint density at radius 3 is 2.12 bits per heavy atom. The largest absolute Gasteiger partial charge is 0.480 e. The molecule has 1 aromatic carbocycles. The Balaban J connectivity index is 0.00000363. The Hall–Kier alpha value is -2.91. The third-order valence-electron chi connectivity index (χ3n) is 3.87. The van der Waals surface area contributed by atoms with Gasteiger partial charge in [0.05, 0.1) is 11.9 Å². The number of nitrogens with zero attached hydrogens (tertiary/aromatic N) is 2. The fourth-order valence-electron chi connectivity index (χ4n) is 2.70. The van der Waals surface area contributed by atoms with Crippen molar-refractivity contribution >= 4 is 91.9 Å². The molecule has 0 fully saturated rings. The number of aromatic carboxylic acids is 1. The number of carboxylic acid groups (broad SMARTS) is 4. The van der Waals surface area contributed by atoms with Crippen LogP contribution in [0.2, 0.25) is 0 Å². The summed E-state index contributed by atoms with van der Waals surface area (Å²) in [4.78, 5) is 49.0. The van der Waals surface area contributed by atoms with Crippen LogP contribution >= 0.6 is 0 Å². The summed E-state index contributed by atoms with van der Waals surface area (Å²) in [6.07, 6.45) is 0.985. The molecule has 0 amide bonds. The van der Waals surface area contributed by atoms with E-state index < -0.39 is 49.3 Å². The van der Waals surface area contributed by atoms with Gasteiger partial charge in [-0.2, -0.15) is 0 Å². The van der Waals surface area contributed by atoms with Crippen molar-refractivity contribution in [2.75, 3.05) is 24.6 Å². The second-order valence-corrected chi connectivity index (χ2v) is 6.13. The number of aromatic nitrogens is 1. The van der Waals surface area contributed by atoms with E-state index in [1.165, 1.54) is 18.2 Å². The Morgan fingerprint density at radius 2 is 1.59 bits per heavy atom. The van der Waals surface area contributed by atoms with Gasteiger partial charge in [-0.3, -0.25) is 9.59 Å². The molecule has 1 radical (unpaired) electrons. The number of carbonyl (C=O) groups is 4. The standard InChI is InChI=1S/C18H14N2O11.K/c21-14(22)5-20(6-15(23)24)9-3-10-8(1-11(9)29-7-16(25)26)2-12(30-10)17-19-4-13(31-17)18(27)28;/h1-4H,5-7H2,(H,21,22)(H,23,24)(H,25,26)(H,27,28);. The maximum absolute atomic E-state index is 11.2. The van der Waals surface area contributed by atoms with Gasteiger partial charge in [-0.05, 0) is 12.1 Å². The molecule has 3 rings (SSSR count). The van der Waals surface area contributed by atoms with E-state index in [1.807, 2.05) is 0 Å². The molecular formula is C18H14KN2O11. The number of hydrogen-bond donors (Lipinski definition) is 4. The van der Waals surface area contributed by atoms with E-state index in [1.54, 1.807) is 0 Å². The number of anilines is 1. The summed E-state index contributed by atoms with van der Waals surface area (Å²) >= 11 is 0. The predicted molar refractivity (Wildman–Crippen MR) is 105 cm³/mol. The third kappa shape index (κ3) is 6.07. The first-order valence-electron chi connectivity index (χ1n) is 8.44. The van der Waals surface area contributed by atoms with Crippen molar-refractivity contribution in [1.82, 2.24) is 4.98 Å². The molecule has 0 spiro atoms. The molecule has 4 N–H and O–H groups in total. The first-order valence-corrected chi connectivity index (χ1v) is 8.44. The third-order valence-corrected chi connectivity index (χ3v) is 3.87. The average Bonchev–Trinajstić information content (AvgIpc) is 3.30. The van der Waals surface area contributed by atoms with Gasteiger partial charge in [0.2, 0.25) is 5.76 Å². The van der Waals surface area contributed by atoms with E-state index in [9.17, 15) is 19.2 Å². The molecule has 163 valence electrons. The number of benzene rings is 1. The fraction of sp³-hybridized carbons (Fsp3) is 0.167. The van der Waals surface area contributed by atoms with Crippen molar-refractivity contribution in [2.24, 2.45) is 0 Å². The van der Waals surface area contributed by atoms with E-state index in [0.29, 0.717) is 5.39 Å². The van der Waals surface area contributed by atoms with E-state index in [-0.39, 0.29) is 80.1 Å². The van der Waals surface area contributed by atoms with Crippen molar-refractivity contribution in [1.29, 1.82) is 0 Å². The van der Waals surface area contributed by atoms with Crippen molar-refractivity contribution in [2.45, 2.75) is 0 Å². The van der Waals surface area contributed by atoms with Gasteiger partial charge < -0.3 is 38.9 Å². The van der Waals surface area contributed by atoms with Gasteiger partial charge >= 0.3 is 23.9 Å². The van der Waals surface area contributed by atoms with Crippen molar-refractivity contribution < 1.29 is 53.2 Å². The predicted octanol–water partition coefficient (Wildman–Crippen LogP) is 0.844. The molecule has 0 aliphatic rings. The maximum Gasteiger partial charge on any atom is 0.373 e. The van der Waals surface area contributed by atoms with Crippen LogP contribution in [0.4, 0.5) is 5.69 Å². The SMILES string of the molecule is O=C(O)COc1cc2cc(-c3ncc(C(=O)O)o3)oc2cc1N(CC(=O)O)CC(=O)O.[K]. The number of oxazole rings is 1. The van der Waals surface area contributed by atoms with Crippen LogP contribution in [0.3, 0.4) is 0 Å². The minimum absolute atomic E-state index is 0. The number of rotatable bonds is 10. The molecule has 0 saturated heterocycles. The van der Waals surface area contributed by atoms with Crippen molar-refractivity contribution in [3.63, 3.8) is 0 Å². The van der Waals surface area contributed by atoms with Crippen LogP contribution in [0.1, 0.15) is 10.6 Å². The summed E-state index contributed by atoms with van der Waals surface area (Å²) < 4.78 is 15.9. The molecule has 0 unspecified atom stereocenters. The van der Waals surface area contributed by atoms with Crippen molar-refractivity contribution in [3.8, 4) is 17.4 Å². The average molecular weight is 473 g/mol. The van der Waals surface area contributed by atoms with Crippen LogP contribution < -0.4 is 9.64 Å². The smallest absolute Gasteiger partial charge is 0.373 e. The molecule has 0 bridgehead atoms. The molecule has 13 nitrogen and oxygen atoms in total. The van der Waals surface area contributed by atoms with Crippen LogP contribution in [-0.2, 0) is 14.4 Å². The molecule has 0 atom stereocenters. The zero-order valence-corrected chi connectivity index (χ0v) is 19.6. The van der Waals surface area contributed by atoms with Gasteiger partial charge in [0.1, 0.15) is 24.4 Å². The van der Waals surface area contributed by atoms with Crippen LogP contribution in [0.25, 0.3) is 22.6 Å². The number of fused-ring (bicyclic) bond motifs is 1. The molecule has 0 saturated carbocycles. The van der Waals surface area contributed by atoms with E-state index in [4.69, 9.17) is 34.0 Å². The summed E-state index contributed by atoms with van der Waals surface area (Å²) in [5.74, 6) is -5.91. The Labute approximate surface area is 220 Å². The minimum Gasteiger partial charge on any atom is -0.480 e. The summed E-state index contributed by atoms with van der Waals surface area (Å²) in [7, 11) is 0. The first kappa shape index (κ1) is 25.3. The van der Waals surface area contributed by atoms with Crippen molar-refractivity contribution in [3.05, 3.63) is 30.2 Å². The van der Waals surface area contributed by atoms with Gasteiger partial charge in [0, 0.05) is 62.8 Å². The summed E-state index contributed by atoms with van der Waals surface area (Å²) in [6, 6.07) is 4.03. The molecule has 0 aliphatic heterocycles. The molecule has 2 aromatic heterocycles. The molecule has 14 heteroatoms. The quantitative estimate of drug-likeness (QED) is 0.302. The number of ether oxygens (including phenoxy) is 1. The van der Waals surface area contributed by atoms with Crippen LogP contribution in [0.5, 0.6) is 5.75 Å². The molecule has 3 aromatic rings. The molecule has 32 heavy (non-hydrogen) atoms. The Morgan fingerprint density at radius 1 is 0.938 bits per heavy atom. The second-order valence-electron chi connectivity index (χ2n) is 6.13. The van der Waals surface area contributed by atoms with E-state index in [0.717, 1.165) is 11.1 Å². The summed E-state index contributed by atoms with van der Waals surface area (Å²) in [6.45, 7) is -2.19. The summed E-state index contributed by atoms with van der Waals surface area (Å²) in [5, 5.41) is 36.4. The maximum atomic E-state index is 11.2. The normalized spacial score (nSPS) is 10.4. The second kappa shape index (κ2) is 10.6. The van der Waals surface area contributed by atoms with Crippen LogP contribution in [-0.4, -0.2) is 120 Å².